The third-order valence-corrected chi connectivity index (χ3v) is 3.71. The van der Waals surface area contributed by atoms with Gasteiger partial charge < -0.3 is 19.3 Å². The predicted molar refractivity (Wildman–Crippen MR) is 79.5 cm³/mol. The summed E-state index contributed by atoms with van der Waals surface area (Å²) in [6, 6.07) is 0. The van der Waals surface area contributed by atoms with Gasteiger partial charge in [0.05, 0.1) is 12.5 Å². The van der Waals surface area contributed by atoms with E-state index in [9.17, 15) is 19.5 Å². The van der Waals surface area contributed by atoms with Crippen LogP contribution in [0.3, 0.4) is 0 Å². The van der Waals surface area contributed by atoms with Crippen LogP contribution in [0.4, 0.5) is 0 Å². The molecule has 10 heteroatoms. The van der Waals surface area contributed by atoms with Crippen molar-refractivity contribution in [3.05, 3.63) is 10.4 Å². The van der Waals surface area contributed by atoms with E-state index in [1.165, 1.54) is 13.8 Å². The molecule has 1 heterocycles. The molecular formula is C14H21N3O7. The molecule has 0 aromatic rings. The highest BCUT2D eigenvalue weighted by atomic mass is 16.7. The Kier molecular flexibility index (Phi) is 7.15. The summed E-state index contributed by atoms with van der Waals surface area (Å²) < 4.78 is 15.5. The quantitative estimate of drug-likeness (QED) is 0.238. The average Bonchev–Trinajstić information content (AvgIpc) is 2.47. The van der Waals surface area contributed by atoms with Gasteiger partial charge in [0.15, 0.2) is 11.4 Å². The fourth-order valence-corrected chi connectivity index (χ4v) is 2.47. The maximum absolute atomic E-state index is 11.9. The van der Waals surface area contributed by atoms with E-state index in [1.807, 2.05) is 0 Å². The summed E-state index contributed by atoms with van der Waals surface area (Å²) in [5, 5.41) is 13.9. The molecule has 1 saturated heterocycles. The van der Waals surface area contributed by atoms with Gasteiger partial charge in [0.2, 0.25) is 6.29 Å². The number of aliphatic hydroxyl groups is 1. The van der Waals surface area contributed by atoms with E-state index in [-0.39, 0.29) is 25.8 Å². The first-order valence-corrected chi connectivity index (χ1v) is 7.48. The lowest BCUT2D eigenvalue weighted by Crippen LogP contribution is -2.63. The lowest BCUT2D eigenvalue weighted by atomic mass is 9.83. The summed E-state index contributed by atoms with van der Waals surface area (Å²) in [7, 11) is 0. The number of nitrogens with zero attached hydrogens (tertiary/aromatic N) is 3. The van der Waals surface area contributed by atoms with Crippen molar-refractivity contribution >= 4 is 17.7 Å². The summed E-state index contributed by atoms with van der Waals surface area (Å²) >= 11 is 0. The number of azide groups is 1. The molecule has 1 aliphatic rings. The zero-order valence-electron chi connectivity index (χ0n) is 13.8. The summed E-state index contributed by atoms with van der Waals surface area (Å²) in [5.41, 5.74) is 6.14. The second kappa shape index (κ2) is 8.62. The number of ketones is 1. The normalized spacial score (nSPS) is 29.2. The maximum Gasteiger partial charge on any atom is 0.306 e. The first-order chi connectivity index (χ1) is 11.2. The van der Waals surface area contributed by atoms with Crippen LogP contribution < -0.4 is 0 Å². The lowest BCUT2D eigenvalue weighted by molar-refractivity contribution is -0.269. The van der Waals surface area contributed by atoms with E-state index in [0.29, 0.717) is 0 Å². The minimum Gasteiger partial charge on any atom is -0.458 e. The number of hydrogen-bond acceptors (Lipinski definition) is 8. The van der Waals surface area contributed by atoms with E-state index in [2.05, 4.69) is 10.0 Å². The van der Waals surface area contributed by atoms with Gasteiger partial charge in [0.25, 0.3) is 0 Å². The van der Waals surface area contributed by atoms with Gasteiger partial charge in [-0.15, -0.1) is 0 Å². The molecule has 4 atom stereocenters. The Morgan fingerprint density at radius 3 is 2.58 bits per heavy atom. The Hall–Kier alpha value is -2.16. The van der Waals surface area contributed by atoms with Crippen molar-refractivity contribution in [1.82, 2.24) is 0 Å². The van der Waals surface area contributed by atoms with Gasteiger partial charge in [-0.05, 0) is 25.8 Å². The fourth-order valence-electron chi connectivity index (χ4n) is 2.47. The van der Waals surface area contributed by atoms with E-state index in [0.717, 1.165) is 6.92 Å². The monoisotopic (exact) mass is 343 g/mol. The van der Waals surface area contributed by atoms with Crippen molar-refractivity contribution in [3.63, 3.8) is 0 Å². The molecule has 1 aliphatic heterocycles. The van der Waals surface area contributed by atoms with Crippen LogP contribution in [0.15, 0.2) is 5.11 Å². The fraction of sp³-hybridized carbons (Fsp3) is 0.786. The highest BCUT2D eigenvalue weighted by Crippen LogP contribution is 2.33. The van der Waals surface area contributed by atoms with Crippen LogP contribution in [0.2, 0.25) is 0 Å². The topological polar surface area (TPSA) is 148 Å². The Bertz CT molecular complexity index is 546. The average molecular weight is 343 g/mol. The molecule has 0 aliphatic carbocycles. The largest absolute Gasteiger partial charge is 0.458 e. The summed E-state index contributed by atoms with van der Waals surface area (Å²) in [4.78, 5) is 37.4. The minimum absolute atomic E-state index is 0.0447. The van der Waals surface area contributed by atoms with Gasteiger partial charge in [0.1, 0.15) is 6.10 Å². The van der Waals surface area contributed by atoms with E-state index < -0.39 is 41.8 Å². The van der Waals surface area contributed by atoms with Crippen molar-refractivity contribution in [2.45, 2.75) is 64.1 Å². The number of ether oxygens (including phenoxy) is 3. The highest BCUT2D eigenvalue weighted by molar-refractivity contribution is 5.87. The van der Waals surface area contributed by atoms with Crippen molar-refractivity contribution in [2.75, 3.05) is 6.54 Å². The predicted octanol–water partition coefficient (Wildman–Crippen LogP) is 1.01. The summed E-state index contributed by atoms with van der Waals surface area (Å²) in [6.45, 7) is 3.91. The molecular weight excluding hydrogens is 322 g/mol. The third-order valence-electron chi connectivity index (χ3n) is 3.71. The zero-order valence-corrected chi connectivity index (χ0v) is 13.8. The van der Waals surface area contributed by atoms with E-state index in [1.54, 1.807) is 0 Å². The Labute approximate surface area is 138 Å². The van der Waals surface area contributed by atoms with Crippen LogP contribution in [-0.2, 0) is 28.6 Å². The Balaban J connectivity index is 2.82. The molecule has 0 aromatic heterocycles. The molecule has 1 rings (SSSR count). The minimum atomic E-state index is -2.03. The van der Waals surface area contributed by atoms with Crippen molar-refractivity contribution < 1.29 is 33.7 Å². The first-order valence-electron chi connectivity index (χ1n) is 7.48. The van der Waals surface area contributed by atoms with Gasteiger partial charge >= 0.3 is 11.9 Å². The van der Waals surface area contributed by atoms with Crippen molar-refractivity contribution in [2.24, 2.45) is 5.11 Å². The summed E-state index contributed by atoms with van der Waals surface area (Å²) in [6.07, 6.45) is -3.21. The Morgan fingerprint density at radius 1 is 1.38 bits per heavy atom. The molecule has 0 saturated carbocycles. The van der Waals surface area contributed by atoms with Crippen molar-refractivity contribution in [1.29, 1.82) is 0 Å². The number of hydrogen-bond donors (Lipinski definition) is 1. The second-order valence-electron chi connectivity index (χ2n) is 5.47. The molecule has 0 amide bonds. The molecule has 0 spiro atoms. The SMILES string of the molecule is CC(=O)OC1CC(OC(=O)CCCN=[N+]=[N-])C(O)(C(C)=O)C(C)O1. The van der Waals surface area contributed by atoms with Crippen LogP contribution in [0.5, 0.6) is 0 Å². The number of Topliss-reactive ketones (excluding diaryl/α,β-unsaturated/α-hetero) is 1. The van der Waals surface area contributed by atoms with E-state index in [4.69, 9.17) is 19.7 Å². The van der Waals surface area contributed by atoms with Gasteiger partial charge in [-0.1, -0.05) is 5.11 Å². The number of rotatable bonds is 7. The van der Waals surface area contributed by atoms with Gasteiger partial charge in [0, 0.05) is 24.8 Å². The number of esters is 2. The molecule has 0 aromatic carbocycles. The second-order valence-corrected chi connectivity index (χ2v) is 5.47. The van der Waals surface area contributed by atoms with Crippen LogP contribution in [0.25, 0.3) is 10.4 Å². The lowest BCUT2D eigenvalue weighted by Gasteiger charge is -2.44. The number of carbonyl (C=O) groups excluding carboxylic acids is 3. The third kappa shape index (κ3) is 4.92. The molecule has 24 heavy (non-hydrogen) atoms. The van der Waals surface area contributed by atoms with Crippen LogP contribution in [0.1, 0.15) is 40.0 Å². The van der Waals surface area contributed by atoms with Crippen LogP contribution >= 0.6 is 0 Å². The molecule has 1 N–H and O–H groups in total. The van der Waals surface area contributed by atoms with Crippen molar-refractivity contribution in [3.8, 4) is 0 Å². The first kappa shape index (κ1) is 19.9. The van der Waals surface area contributed by atoms with E-state index >= 15 is 0 Å². The highest BCUT2D eigenvalue weighted by Gasteiger charge is 2.54. The number of carbonyl (C=O) groups is 3. The van der Waals surface area contributed by atoms with Gasteiger partial charge in [-0.2, -0.15) is 0 Å². The standard InChI is InChI=1S/C14H21N3O7/c1-8(18)14(21)9(2)22-13(23-10(3)19)7-11(14)24-12(20)5-4-6-16-17-15/h9,11,13,21H,4-7H2,1-3H3. The maximum atomic E-state index is 11.9. The molecule has 1 fully saturated rings. The molecule has 10 nitrogen and oxygen atoms in total. The van der Waals surface area contributed by atoms with Gasteiger partial charge in [-0.3, -0.25) is 14.4 Å². The molecule has 0 bridgehead atoms. The smallest absolute Gasteiger partial charge is 0.306 e. The summed E-state index contributed by atoms with van der Waals surface area (Å²) in [5.74, 6) is -1.88. The van der Waals surface area contributed by atoms with Gasteiger partial charge in [-0.25, -0.2) is 0 Å². The molecule has 0 radical (unpaired) electrons. The molecule has 134 valence electrons. The zero-order chi connectivity index (χ0) is 18.3. The Morgan fingerprint density at radius 2 is 2.04 bits per heavy atom. The van der Waals surface area contributed by atoms with Crippen LogP contribution in [0, 0.1) is 0 Å². The van der Waals surface area contributed by atoms with Crippen LogP contribution in [-0.4, -0.2) is 53.5 Å². The molecule has 4 unspecified atom stereocenters.